The number of nitrogens with one attached hydrogen (secondary N) is 1. The molecule has 0 spiro atoms. The standard InChI is InChI=1S/C66H104Br2N4S4/c1-5-9-13-17-21-25-27-31-35-38-42-52(41-37-33-29-23-19-15-11-7-3)47-54-49-60(73-65(54)67)57-51-59-64(56-45-46-58-63(62(56)57)71-75-69-58)72(76-70-59)61-50-55(66(68)74-61)48-53(43-39-34-30-24-20-16-12-8-4)44-40-36-32-28-26-22-18-14-10-6-2/h45-46,49-53,71H,5-44,47-48H2,1-4H3. The zero-order valence-corrected chi connectivity index (χ0v) is 54.9. The van der Waals surface area contributed by atoms with Gasteiger partial charge in [-0.3, -0.25) is 4.31 Å². The predicted molar refractivity (Wildman–Crippen MR) is 352 cm³/mol. The monoisotopic (exact) mass is 1240 g/mol. The van der Waals surface area contributed by atoms with Gasteiger partial charge < -0.3 is 4.72 Å². The van der Waals surface area contributed by atoms with Gasteiger partial charge >= 0.3 is 0 Å². The van der Waals surface area contributed by atoms with E-state index in [-0.39, 0.29) is 0 Å². The average molecular weight is 1240 g/mol. The normalized spacial score (nSPS) is 13.8. The SMILES string of the molecule is CCCCCCCCCCCCC(CCCCCCCCCC)Cc1cc(-c2cc3c(c4ccc5c(c24)NSN=5)N(c2cc(CC(CCCCCCCCCC)CCCCCCCCCCCC)c(Br)s2)SN=3)sc1Br. The molecule has 76 heavy (non-hydrogen) atoms. The molecular formula is C66H104Br2N4S4. The summed E-state index contributed by atoms with van der Waals surface area (Å²) in [7, 11) is 0. The maximum atomic E-state index is 5.26. The van der Waals surface area contributed by atoms with Crippen molar-refractivity contribution in [1.29, 1.82) is 0 Å². The van der Waals surface area contributed by atoms with Crippen LogP contribution in [0.2, 0.25) is 0 Å². The van der Waals surface area contributed by atoms with Crippen LogP contribution in [0.3, 0.4) is 0 Å². The minimum Gasteiger partial charge on any atom is -0.308 e. The molecular weight excluding hydrogens is 1140 g/mol. The summed E-state index contributed by atoms with van der Waals surface area (Å²) < 4.78 is 18.8. The van der Waals surface area contributed by atoms with Crippen LogP contribution in [0.4, 0.5) is 16.4 Å². The molecule has 0 amide bonds. The van der Waals surface area contributed by atoms with E-state index in [0.29, 0.717) is 0 Å². The summed E-state index contributed by atoms with van der Waals surface area (Å²) in [4.78, 5) is 1.33. The van der Waals surface area contributed by atoms with Gasteiger partial charge in [0.15, 0.2) is 0 Å². The molecule has 426 valence electrons. The number of nitrogens with zero attached hydrogens (tertiary/aromatic N) is 3. The number of hydrogen-bond acceptors (Lipinski definition) is 8. The zero-order chi connectivity index (χ0) is 53.4. The van der Waals surface area contributed by atoms with E-state index in [9.17, 15) is 0 Å². The average Bonchev–Trinajstić information content (AvgIpc) is 4.29. The van der Waals surface area contributed by atoms with Crippen LogP contribution in [-0.4, -0.2) is 0 Å². The first-order valence-electron chi connectivity index (χ1n) is 32.0. The molecule has 0 radical (unpaired) electrons. The van der Waals surface area contributed by atoms with Crippen molar-refractivity contribution in [2.75, 3.05) is 9.03 Å². The molecule has 2 aliphatic rings. The van der Waals surface area contributed by atoms with Gasteiger partial charge in [-0.25, -0.2) is 0 Å². The molecule has 4 heterocycles. The Morgan fingerprint density at radius 3 is 1.32 bits per heavy atom. The molecule has 0 fully saturated rings. The Labute approximate surface area is 499 Å². The van der Waals surface area contributed by atoms with Gasteiger partial charge in [-0.05, 0) is 98.0 Å². The second kappa shape index (κ2) is 38.6. The topological polar surface area (TPSA) is 40.0 Å². The van der Waals surface area contributed by atoms with Crippen molar-refractivity contribution >= 4 is 106 Å². The lowest BCUT2D eigenvalue weighted by atomic mass is 9.89. The highest BCUT2D eigenvalue weighted by Gasteiger charge is 2.29. The molecule has 0 saturated carbocycles. The van der Waals surface area contributed by atoms with Crippen molar-refractivity contribution in [3.05, 3.63) is 59.7 Å². The summed E-state index contributed by atoms with van der Waals surface area (Å²) in [5.41, 5.74) is 6.60. The summed E-state index contributed by atoms with van der Waals surface area (Å²) in [5, 5.41) is 5.91. The molecule has 4 nitrogen and oxygen atoms in total. The van der Waals surface area contributed by atoms with Crippen molar-refractivity contribution in [1.82, 2.24) is 0 Å². The summed E-state index contributed by atoms with van der Waals surface area (Å²) in [5.74, 6) is 1.48. The fraction of sp³-hybridized carbons (Fsp3) is 0.727. The molecule has 1 N–H and O–H groups in total. The first-order valence-corrected chi connectivity index (χ1v) is 36.7. The Bertz CT molecular complexity index is 2330. The number of hydrogen-bond donors (Lipinski definition) is 1. The van der Waals surface area contributed by atoms with E-state index >= 15 is 0 Å². The molecule has 2 atom stereocenters. The second-order valence-electron chi connectivity index (χ2n) is 23.3. The van der Waals surface area contributed by atoms with Crippen LogP contribution in [0.1, 0.15) is 296 Å². The maximum absolute atomic E-state index is 5.26. The number of benzene rings is 2. The third kappa shape index (κ3) is 22.0. The molecule has 6 rings (SSSR count). The Morgan fingerprint density at radius 1 is 0.461 bits per heavy atom. The molecule has 10 heteroatoms. The van der Waals surface area contributed by atoms with E-state index < -0.39 is 0 Å². The van der Waals surface area contributed by atoms with Gasteiger partial charge in [0.2, 0.25) is 0 Å². The Morgan fingerprint density at radius 2 is 0.868 bits per heavy atom. The van der Waals surface area contributed by atoms with Crippen molar-refractivity contribution in [2.24, 2.45) is 20.6 Å². The second-order valence-corrected chi connectivity index (χ2v) is 29.3. The van der Waals surface area contributed by atoms with Crippen LogP contribution in [0.25, 0.3) is 21.2 Å². The van der Waals surface area contributed by atoms with Crippen LogP contribution in [0, 0.1) is 11.8 Å². The van der Waals surface area contributed by atoms with Gasteiger partial charge in [0.05, 0.1) is 53.9 Å². The van der Waals surface area contributed by atoms with Crippen LogP contribution >= 0.6 is 78.8 Å². The van der Waals surface area contributed by atoms with Gasteiger partial charge in [0.1, 0.15) is 5.00 Å². The van der Waals surface area contributed by atoms with Crippen LogP contribution in [-0.2, 0) is 12.8 Å². The minimum absolute atomic E-state index is 0.737. The van der Waals surface area contributed by atoms with Crippen molar-refractivity contribution in [3.63, 3.8) is 0 Å². The zero-order valence-electron chi connectivity index (χ0n) is 48.5. The lowest BCUT2D eigenvalue weighted by Gasteiger charge is -2.18. The quantitative estimate of drug-likeness (QED) is 0.0354. The maximum Gasteiger partial charge on any atom is 0.109 e. The fourth-order valence-electron chi connectivity index (χ4n) is 12.1. The highest BCUT2D eigenvalue weighted by molar-refractivity contribution is 9.11. The number of fused-ring (bicyclic) bond motifs is 5. The van der Waals surface area contributed by atoms with Crippen molar-refractivity contribution < 1.29 is 0 Å². The van der Waals surface area contributed by atoms with E-state index in [1.54, 1.807) is 12.1 Å². The first-order chi connectivity index (χ1) is 37.4. The fourth-order valence-corrected chi connectivity index (χ4v) is 17.0. The number of anilines is 3. The predicted octanol–water partition coefficient (Wildman–Crippen LogP) is 25.1. The lowest BCUT2D eigenvalue weighted by molar-refractivity contribution is 0.400. The molecule has 2 aromatic heterocycles. The summed E-state index contributed by atoms with van der Waals surface area (Å²) in [6.07, 6.45) is 58.1. The van der Waals surface area contributed by atoms with Crippen molar-refractivity contribution in [3.8, 4) is 10.4 Å². The van der Waals surface area contributed by atoms with Gasteiger partial charge in [0.25, 0.3) is 0 Å². The van der Waals surface area contributed by atoms with Gasteiger partial charge in [-0.15, -0.1) is 22.7 Å². The van der Waals surface area contributed by atoms with Crippen LogP contribution < -0.4 is 19.7 Å². The lowest BCUT2D eigenvalue weighted by Crippen LogP contribution is -2.12. The van der Waals surface area contributed by atoms with Gasteiger partial charge in [0, 0.05) is 21.2 Å². The molecule has 0 saturated heterocycles. The number of thiophene rings is 2. The number of rotatable bonds is 46. The van der Waals surface area contributed by atoms with Crippen LogP contribution in [0.15, 0.2) is 46.7 Å². The van der Waals surface area contributed by atoms with E-state index in [1.165, 1.54) is 320 Å². The Kier molecular flexibility index (Phi) is 32.6. The summed E-state index contributed by atoms with van der Waals surface area (Å²) >= 11 is 15.2. The molecule has 2 aliphatic heterocycles. The van der Waals surface area contributed by atoms with E-state index in [0.717, 1.165) is 41.1 Å². The van der Waals surface area contributed by atoms with Gasteiger partial charge in [-0.1, -0.05) is 285 Å². The summed E-state index contributed by atoms with van der Waals surface area (Å²) in [6.45, 7) is 9.28. The number of halogens is 2. The molecule has 0 aliphatic carbocycles. The highest BCUT2D eigenvalue weighted by Crippen LogP contribution is 2.49. The Hall–Kier alpha value is -1.04. The molecule has 2 unspecified atom stereocenters. The Balaban J connectivity index is 1.15. The van der Waals surface area contributed by atoms with Crippen molar-refractivity contribution in [2.45, 2.75) is 297 Å². The summed E-state index contributed by atoms with van der Waals surface area (Å²) in [6, 6.07) is 12.0. The minimum atomic E-state index is 0.737. The third-order valence-corrected chi connectivity index (χ3v) is 22.3. The van der Waals surface area contributed by atoms with Gasteiger partial charge in [-0.2, -0.15) is 8.80 Å². The highest BCUT2D eigenvalue weighted by atomic mass is 79.9. The van der Waals surface area contributed by atoms with E-state index in [2.05, 4.69) is 98.9 Å². The molecule has 0 bridgehead atoms. The first kappa shape index (κ1) is 64.1. The van der Waals surface area contributed by atoms with E-state index in [1.807, 2.05) is 22.7 Å². The van der Waals surface area contributed by atoms with E-state index in [4.69, 9.17) is 8.80 Å². The third-order valence-electron chi connectivity index (χ3n) is 16.8. The molecule has 2 aromatic carbocycles. The molecule has 4 aromatic rings. The largest absolute Gasteiger partial charge is 0.308 e. The smallest absolute Gasteiger partial charge is 0.109 e. The number of unbranched alkanes of at least 4 members (excludes halogenated alkanes) is 32. The van der Waals surface area contributed by atoms with Crippen LogP contribution in [0.5, 0.6) is 0 Å².